The van der Waals surface area contributed by atoms with E-state index in [0.29, 0.717) is 18.8 Å². The van der Waals surface area contributed by atoms with Gasteiger partial charge < -0.3 is 15.1 Å². The number of carbonyl (C=O) groups excluding carboxylic acids is 1. The van der Waals surface area contributed by atoms with Gasteiger partial charge in [0.15, 0.2) is 5.65 Å². The molecule has 3 heterocycles. The zero-order valence-electron chi connectivity index (χ0n) is 16.8. The van der Waals surface area contributed by atoms with E-state index in [0.717, 1.165) is 26.8 Å². The molecule has 0 aliphatic heterocycles. The third kappa shape index (κ3) is 4.65. The summed E-state index contributed by atoms with van der Waals surface area (Å²) < 4.78 is 7.26. The number of furan rings is 1. The molecule has 7 nitrogen and oxygen atoms in total. The minimum atomic E-state index is -0.237. The van der Waals surface area contributed by atoms with Crippen molar-refractivity contribution in [2.24, 2.45) is 0 Å². The van der Waals surface area contributed by atoms with Gasteiger partial charge >= 0.3 is 6.03 Å². The standard InChI is InChI=1S/C22H23N5O2S/c1-15(2)21-26-25-20-10-9-18(14-27(20)21)30-19-8-4-3-6-16(19)12-23-22(28)24-13-17-7-5-11-29-17/h3-11,14-15H,12-13H2,1-2H3,(H2,23,24,28). The van der Waals surface area contributed by atoms with Crippen LogP contribution in [-0.4, -0.2) is 20.6 Å². The Kier molecular flexibility index (Phi) is 6.04. The Balaban J connectivity index is 1.43. The highest BCUT2D eigenvalue weighted by Crippen LogP contribution is 2.31. The van der Waals surface area contributed by atoms with Crippen LogP contribution in [0.15, 0.2) is 75.2 Å². The van der Waals surface area contributed by atoms with Gasteiger partial charge in [0.05, 0.1) is 12.8 Å². The number of benzene rings is 1. The SMILES string of the molecule is CC(C)c1nnc2ccc(Sc3ccccc3CNC(=O)NCc3ccco3)cn12. The van der Waals surface area contributed by atoms with Gasteiger partial charge in [-0.1, -0.05) is 43.8 Å². The molecule has 0 aliphatic rings. The van der Waals surface area contributed by atoms with Gasteiger partial charge in [-0.15, -0.1) is 10.2 Å². The second kappa shape index (κ2) is 9.04. The molecule has 8 heteroatoms. The van der Waals surface area contributed by atoms with E-state index in [-0.39, 0.29) is 11.9 Å². The average molecular weight is 422 g/mol. The average Bonchev–Trinajstić information content (AvgIpc) is 3.41. The molecule has 0 unspecified atom stereocenters. The summed E-state index contributed by atoms with van der Waals surface area (Å²) in [4.78, 5) is 14.3. The number of hydrogen-bond donors (Lipinski definition) is 2. The number of aromatic nitrogens is 3. The number of carbonyl (C=O) groups is 1. The zero-order chi connectivity index (χ0) is 20.9. The predicted molar refractivity (Wildman–Crippen MR) is 115 cm³/mol. The van der Waals surface area contributed by atoms with Gasteiger partial charge in [0.25, 0.3) is 0 Å². The van der Waals surface area contributed by atoms with Crippen molar-refractivity contribution in [3.8, 4) is 0 Å². The van der Waals surface area contributed by atoms with Gasteiger partial charge in [-0.25, -0.2) is 4.79 Å². The van der Waals surface area contributed by atoms with Crippen molar-refractivity contribution in [2.75, 3.05) is 0 Å². The van der Waals surface area contributed by atoms with Crippen molar-refractivity contribution in [1.82, 2.24) is 25.2 Å². The minimum absolute atomic E-state index is 0.237. The molecule has 0 fully saturated rings. The van der Waals surface area contributed by atoms with Crippen LogP contribution in [0.2, 0.25) is 0 Å². The first-order valence-electron chi connectivity index (χ1n) is 9.74. The number of hydrogen-bond acceptors (Lipinski definition) is 5. The van der Waals surface area contributed by atoms with Crippen molar-refractivity contribution in [3.05, 3.63) is 78.1 Å². The molecule has 30 heavy (non-hydrogen) atoms. The maximum atomic E-state index is 12.1. The Labute approximate surface area is 178 Å². The Hall–Kier alpha value is -3.26. The van der Waals surface area contributed by atoms with Crippen LogP contribution in [0.4, 0.5) is 4.79 Å². The van der Waals surface area contributed by atoms with E-state index < -0.39 is 0 Å². The minimum Gasteiger partial charge on any atom is -0.467 e. The number of amides is 2. The number of rotatable bonds is 7. The van der Waals surface area contributed by atoms with E-state index in [4.69, 9.17) is 4.42 Å². The maximum Gasteiger partial charge on any atom is 0.315 e. The first-order valence-corrected chi connectivity index (χ1v) is 10.6. The van der Waals surface area contributed by atoms with Gasteiger partial charge in [0, 0.05) is 28.5 Å². The van der Waals surface area contributed by atoms with Crippen molar-refractivity contribution in [1.29, 1.82) is 0 Å². The normalized spacial score (nSPS) is 11.2. The zero-order valence-corrected chi connectivity index (χ0v) is 17.6. The number of pyridine rings is 1. The third-order valence-electron chi connectivity index (χ3n) is 4.56. The van der Waals surface area contributed by atoms with Crippen LogP contribution in [0.5, 0.6) is 0 Å². The summed E-state index contributed by atoms with van der Waals surface area (Å²) >= 11 is 1.65. The number of nitrogens with zero attached hydrogens (tertiary/aromatic N) is 3. The van der Waals surface area contributed by atoms with E-state index in [1.54, 1.807) is 24.1 Å². The van der Waals surface area contributed by atoms with Crippen LogP contribution in [0.1, 0.15) is 36.9 Å². The van der Waals surface area contributed by atoms with Gasteiger partial charge in [-0.05, 0) is 35.9 Å². The first kappa shape index (κ1) is 20.0. The fourth-order valence-corrected chi connectivity index (χ4v) is 4.00. The number of nitrogens with one attached hydrogen (secondary N) is 2. The molecule has 0 saturated carbocycles. The van der Waals surface area contributed by atoms with Crippen LogP contribution in [-0.2, 0) is 13.1 Å². The van der Waals surface area contributed by atoms with Crippen LogP contribution in [0.25, 0.3) is 5.65 Å². The number of urea groups is 1. The molecule has 154 valence electrons. The van der Waals surface area contributed by atoms with E-state index in [1.165, 1.54) is 0 Å². The first-order chi connectivity index (χ1) is 14.6. The Morgan fingerprint density at radius 3 is 2.70 bits per heavy atom. The molecular weight excluding hydrogens is 398 g/mol. The highest BCUT2D eigenvalue weighted by molar-refractivity contribution is 7.99. The summed E-state index contributed by atoms with van der Waals surface area (Å²) in [5, 5.41) is 14.2. The summed E-state index contributed by atoms with van der Waals surface area (Å²) in [6.07, 6.45) is 3.65. The lowest BCUT2D eigenvalue weighted by molar-refractivity contribution is 0.239. The second-order valence-corrected chi connectivity index (χ2v) is 8.25. The smallest absolute Gasteiger partial charge is 0.315 e. The Morgan fingerprint density at radius 2 is 1.90 bits per heavy atom. The summed E-state index contributed by atoms with van der Waals surface area (Å²) in [5.41, 5.74) is 1.88. The number of fused-ring (bicyclic) bond motifs is 1. The van der Waals surface area contributed by atoms with E-state index in [2.05, 4.69) is 46.9 Å². The quantitative estimate of drug-likeness (QED) is 0.456. The molecule has 2 N–H and O–H groups in total. The lowest BCUT2D eigenvalue weighted by atomic mass is 10.2. The molecule has 1 aromatic carbocycles. The molecular formula is C22H23N5O2S. The van der Waals surface area contributed by atoms with Crippen LogP contribution in [0.3, 0.4) is 0 Å². The molecule has 0 aliphatic carbocycles. The van der Waals surface area contributed by atoms with Crippen molar-refractivity contribution in [2.45, 2.75) is 42.6 Å². The summed E-state index contributed by atoms with van der Waals surface area (Å²) in [6.45, 7) is 4.99. The highest BCUT2D eigenvalue weighted by atomic mass is 32.2. The van der Waals surface area contributed by atoms with Gasteiger partial charge in [-0.3, -0.25) is 4.40 Å². The largest absolute Gasteiger partial charge is 0.467 e. The fraction of sp³-hybridized carbons (Fsp3) is 0.227. The molecule has 0 radical (unpaired) electrons. The lowest BCUT2D eigenvalue weighted by Gasteiger charge is -2.11. The Bertz CT molecular complexity index is 1140. The van der Waals surface area contributed by atoms with Gasteiger partial charge in [0.2, 0.25) is 0 Å². The van der Waals surface area contributed by atoms with Crippen molar-refractivity contribution in [3.63, 3.8) is 0 Å². The maximum absolute atomic E-state index is 12.1. The lowest BCUT2D eigenvalue weighted by Crippen LogP contribution is -2.34. The van der Waals surface area contributed by atoms with Gasteiger partial charge in [0.1, 0.15) is 11.6 Å². The van der Waals surface area contributed by atoms with Gasteiger partial charge in [-0.2, -0.15) is 0 Å². The summed E-state index contributed by atoms with van der Waals surface area (Å²) in [7, 11) is 0. The van der Waals surface area contributed by atoms with E-state index >= 15 is 0 Å². The molecule has 0 bridgehead atoms. The third-order valence-corrected chi connectivity index (χ3v) is 5.66. The molecule has 0 saturated heterocycles. The van der Waals surface area contributed by atoms with E-state index in [9.17, 15) is 4.79 Å². The molecule has 4 aromatic rings. The monoisotopic (exact) mass is 421 g/mol. The molecule has 0 spiro atoms. The summed E-state index contributed by atoms with van der Waals surface area (Å²) in [5.74, 6) is 1.94. The topological polar surface area (TPSA) is 84.5 Å². The highest BCUT2D eigenvalue weighted by Gasteiger charge is 2.11. The van der Waals surface area contributed by atoms with Crippen LogP contribution >= 0.6 is 11.8 Å². The predicted octanol–water partition coefficient (Wildman–Crippen LogP) is 4.60. The molecule has 3 aromatic heterocycles. The van der Waals surface area contributed by atoms with Crippen LogP contribution in [0, 0.1) is 0 Å². The van der Waals surface area contributed by atoms with Crippen molar-refractivity contribution < 1.29 is 9.21 Å². The second-order valence-electron chi connectivity index (χ2n) is 7.13. The summed E-state index contributed by atoms with van der Waals surface area (Å²) in [6, 6.07) is 15.4. The molecule has 2 amide bonds. The molecule has 0 atom stereocenters. The Morgan fingerprint density at radius 1 is 1.07 bits per heavy atom. The van der Waals surface area contributed by atoms with Crippen molar-refractivity contribution >= 4 is 23.4 Å². The fourth-order valence-electron chi connectivity index (χ4n) is 3.04. The van der Waals surface area contributed by atoms with E-state index in [1.807, 2.05) is 40.8 Å². The molecule has 4 rings (SSSR count). The van der Waals surface area contributed by atoms with Crippen LogP contribution < -0.4 is 10.6 Å².